The van der Waals surface area contributed by atoms with Crippen molar-refractivity contribution in [2.24, 2.45) is 0 Å². The van der Waals surface area contributed by atoms with Crippen LogP contribution in [0.2, 0.25) is 0 Å². The second-order valence-corrected chi connectivity index (χ2v) is 2.74. The van der Waals surface area contributed by atoms with Crippen molar-refractivity contribution in [1.29, 1.82) is 0 Å². The minimum absolute atomic E-state index is 0. The quantitative estimate of drug-likeness (QED) is 0.677. The average molecular weight is 190 g/mol. The summed E-state index contributed by atoms with van der Waals surface area (Å²) >= 11 is 0. The molecule has 1 aromatic rings. The third-order valence-electron chi connectivity index (χ3n) is 2.00. The first-order valence-electron chi connectivity index (χ1n) is 3.90. The van der Waals surface area contributed by atoms with E-state index in [0.29, 0.717) is 6.04 Å². The highest BCUT2D eigenvalue weighted by molar-refractivity contribution is 5.85. The van der Waals surface area contributed by atoms with Crippen LogP contribution in [0.4, 0.5) is 0 Å². The molecule has 0 amide bonds. The fourth-order valence-electron chi connectivity index (χ4n) is 1.38. The lowest BCUT2D eigenvalue weighted by Crippen LogP contribution is -2.30. The van der Waals surface area contributed by atoms with Gasteiger partial charge in [0.2, 0.25) is 0 Å². The molecule has 0 atom stereocenters. The van der Waals surface area contributed by atoms with E-state index in [0.717, 1.165) is 25.9 Å². The van der Waals surface area contributed by atoms with E-state index in [9.17, 15) is 0 Å². The van der Waals surface area contributed by atoms with Crippen molar-refractivity contribution in [3.05, 3.63) is 6.33 Å². The van der Waals surface area contributed by atoms with Gasteiger partial charge < -0.3 is 5.32 Å². The molecule has 1 fully saturated rings. The van der Waals surface area contributed by atoms with Crippen molar-refractivity contribution >= 4 is 12.4 Å². The Hall–Kier alpha value is -0.680. The lowest BCUT2D eigenvalue weighted by Gasteiger charge is -2.20. The van der Waals surface area contributed by atoms with Crippen molar-refractivity contribution in [2.75, 3.05) is 13.1 Å². The number of nitrogens with one attached hydrogen (secondary N) is 1. The van der Waals surface area contributed by atoms with Crippen LogP contribution in [-0.2, 0) is 0 Å². The summed E-state index contributed by atoms with van der Waals surface area (Å²) in [5.41, 5.74) is 0. The Morgan fingerprint density at radius 2 is 2.08 bits per heavy atom. The average Bonchev–Trinajstić information content (AvgIpc) is 2.58. The van der Waals surface area contributed by atoms with Gasteiger partial charge in [0.15, 0.2) is 6.33 Å². The summed E-state index contributed by atoms with van der Waals surface area (Å²) in [6.45, 7) is 2.12. The molecule has 1 N–H and O–H groups in total. The van der Waals surface area contributed by atoms with Gasteiger partial charge in [-0.1, -0.05) is 0 Å². The van der Waals surface area contributed by atoms with Crippen LogP contribution in [0.1, 0.15) is 18.9 Å². The van der Waals surface area contributed by atoms with Gasteiger partial charge in [-0.25, -0.2) is 0 Å². The number of hydrogen-bond acceptors (Lipinski definition) is 4. The largest absolute Gasteiger partial charge is 0.317 e. The normalized spacial score (nSPS) is 18.7. The highest BCUT2D eigenvalue weighted by atomic mass is 35.5. The van der Waals surface area contributed by atoms with Gasteiger partial charge in [-0.3, -0.25) is 0 Å². The number of nitrogens with zero attached hydrogens (tertiary/aromatic N) is 4. The van der Waals surface area contributed by atoms with Crippen molar-refractivity contribution in [3.63, 3.8) is 0 Å². The van der Waals surface area contributed by atoms with Crippen molar-refractivity contribution in [3.8, 4) is 0 Å². The number of piperidine rings is 1. The highest BCUT2D eigenvalue weighted by Gasteiger charge is 2.15. The van der Waals surface area contributed by atoms with E-state index in [1.54, 1.807) is 4.80 Å². The van der Waals surface area contributed by atoms with Gasteiger partial charge in [0.05, 0.1) is 6.04 Å². The monoisotopic (exact) mass is 189 g/mol. The lowest BCUT2D eigenvalue weighted by molar-refractivity contribution is 0.309. The maximum atomic E-state index is 4.01. The van der Waals surface area contributed by atoms with E-state index >= 15 is 0 Å². The fraction of sp³-hybridized carbons (Fsp3) is 0.833. The Kier molecular flexibility index (Phi) is 3.43. The summed E-state index contributed by atoms with van der Waals surface area (Å²) in [5, 5.41) is 14.8. The van der Waals surface area contributed by atoms with E-state index in [2.05, 4.69) is 20.7 Å². The zero-order chi connectivity index (χ0) is 7.52. The zero-order valence-electron chi connectivity index (χ0n) is 6.68. The Morgan fingerprint density at radius 3 is 2.67 bits per heavy atom. The van der Waals surface area contributed by atoms with Crippen LogP contribution in [-0.4, -0.2) is 33.3 Å². The van der Waals surface area contributed by atoms with E-state index < -0.39 is 0 Å². The van der Waals surface area contributed by atoms with Crippen molar-refractivity contribution < 1.29 is 0 Å². The second-order valence-electron chi connectivity index (χ2n) is 2.74. The summed E-state index contributed by atoms with van der Waals surface area (Å²) in [5.74, 6) is 0. The van der Waals surface area contributed by atoms with Crippen LogP contribution in [0.5, 0.6) is 0 Å². The molecule has 2 heterocycles. The molecule has 1 aromatic heterocycles. The SMILES string of the molecule is Cl.c1nnn(C2CCNCC2)n1. The minimum atomic E-state index is 0. The van der Waals surface area contributed by atoms with Gasteiger partial charge in [-0.15, -0.1) is 22.6 Å². The number of hydrogen-bond donors (Lipinski definition) is 1. The fourth-order valence-corrected chi connectivity index (χ4v) is 1.38. The molecule has 0 radical (unpaired) electrons. The summed E-state index contributed by atoms with van der Waals surface area (Å²) in [6, 6.07) is 0.457. The van der Waals surface area contributed by atoms with Gasteiger partial charge in [0.25, 0.3) is 0 Å². The number of halogens is 1. The molecule has 0 unspecified atom stereocenters. The molecule has 68 valence electrons. The third-order valence-corrected chi connectivity index (χ3v) is 2.00. The predicted molar refractivity (Wildman–Crippen MR) is 46.2 cm³/mol. The van der Waals surface area contributed by atoms with E-state index in [1.807, 2.05) is 0 Å². The van der Waals surface area contributed by atoms with Crippen molar-refractivity contribution in [1.82, 2.24) is 25.5 Å². The minimum Gasteiger partial charge on any atom is -0.317 e. The molecule has 1 saturated heterocycles. The zero-order valence-corrected chi connectivity index (χ0v) is 7.50. The molecule has 2 rings (SSSR count). The molecule has 0 saturated carbocycles. The van der Waals surface area contributed by atoms with Crippen LogP contribution in [0.15, 0.2) is 6.33 Å². The Bertz CT molecular complexity index is 206. The standard InChI is InChI=1S/C6H11N5.ClH/c1-3-7-4-2-6(1)11-9-5-8-10-11;/h5-7H,1-4H2;1H. The summed E-state index contributed by atoms with van der Waals surface area (Å²) in [7, 11) is 0. The topological polar surface area (TPSA) is 55.6 Å². The van der Waals surface area contributed by atoms with Crippen LogP contribution < -0.4 is 5.32 Å². The molecule has 6 heteroatoms. The smallest absolute Gasteiger partial charge is 0.162 e. The number of rotatable bonds is 1. The van der Waals surface area contributed by atoms with E-state index in [4.69, 9.17) is 0 Å². The van der Waals surface area contributed by atoms with Crippen LogP contribution in [0.3, 0.4) is 0 Å². The number of tetrazole rings is 1. The first-order valence-corrected chi connectivity index (χ1v) is 3.90. The molecule has 1 aliphatic heterocycles. The molecule has 0 aliphatic carbocycles. The first kappa shape index (κ1) is 9.41. The summed E-state index contributed by atoms with van der Waals surface area (Å²) in [4.78, 5) is 1.71. The van der Waals surface area contributed by atoms with E-state index in [1.165, 1.54) is 6.33 Å². The van der Waals surface area contributed by atoms with Gasteiger partial charge in [-0.2, -0.15) is 4.80 Å². The molecule has 0 bridgehead atoms. The lowest BCUT2D eigenvalue weighted by atomic mass is 10.1. The van der Waals surface area contributed by atoms with Crippen LogP contribution in [0.25, 0.3) is 0 Å². The maximum Gasteiger partial charge on any atom is 0.162 e. The van der Waals surface area contributed by atoms with Gasteiger partial charge in [-0.05, 0) is 31.1 Å². The second kappa shape index (κ2) is 4.37. The molecule has 1 aliphatic rings. The molecular weight excluding hydrogens is 178 g/mol. The Morgan fingerprint density at radius 1 is 1.33 bits per heavy atom. The van der Waals surface area contributed by atoms with Crippen LogP contribution >= 0.6 is 12.4 Å². The maximum absolute atomic E-state index is 4.01. The van der Waals surface area contributed by atoms with E-state index in [-0.39, 0.29) is 12.4 Å². The summed E-state index contributed by atoms with van der Waals surface area (Å²) in [6.07, 6.45) is 3.70. The third kappa shape index (κ3) is 1.92. The molecule has 5 nitrogen and oxygen atoms in total. The molecule has 12 heavy (non-hydrogen) atoms. The molecular formula is C6H12ClN5. The van der Waals surface area contributed by atoms with Gasteiger partial charge >= 0.3 is 0 Å². The van der Waals surface area contributed by atoms with Gasteiger partial charge in [0.1, 0.15) is 0 Å². The Balaban J connectivity index is 0.000000720. The molecule has 0 aromatic carbocycles. The Labute approximate surface area is 76.9 Å². The highest BCUT2D eigenvalue weighted by Crippen LogP contribution is 2.14. The molecule has 0 spiro atoms. The number of aromatic nitrogens is 4. The van der Waals surface area contributed by atoms with Crippen LogP contribution in [0, 0.1) is 0 Å². The van der Waals surface area contributed by atoms with Crippen molar-refractivity contribution in [2.45, 2.75) is 18.9 Å². The predicted octanol–water partition coefficient (Wildman–Crippen LogP) is 0.0194. The van der Waals surface area contributed by atoms with Gasteiger partial charge in [0, 0.05) is 0 Å². The first-order chi connectivity index (χ1) is 5.47. The summed E-state index contributed by atoms with van der Waals surface area (Å²) < 4.78 is 0.